The Labute approximate surface area is 159 Å². The van der Waals surface area contributed by atoms with Crippen LogP contribution in [-0.4, -0.2) is 18.9 Å². The number of benzene rings is 2. The van der Waals surface area contributed by atoms with Crippen LogP contribution in [0.3, 0.4) is 0 Å². The zero-order chi connectivity index (χ0) is 17.7. The Hall–Kier alpha value is -1.96. The first-order valence-corrected chi connectivity index (χ1v) is 7.90. The second-order valence-electron chi connectivity index (χ2n) is 5.11. The van der Waals surface area contributed by atoms with Crippen LogP contribution in [0.15, 0.2) is 46.9 Å². The van der Waals surface area contributed by atoms with Crippen LogP contribution in [0.5, 0.6) is 0 Å². The third-order valence-electron chi connectivity index (χ3n) is 3.45. The van der Waals surface area contributed by atoms with Crippen LogP contribution < -0.4 is 11.1 Å². The molecule has 0 aliphatic carbocycles. The van der Waals surface area contributed by atoms with Gasteiger partial charge in [-0.1, -0.05) is 46.3 Å². The van der Waals surface area contributed by atoms with Crippen molar-refractivity contribution in [3.63, 3.8) is 0 Å². The predicted octanol–water partition coefficient (Wildman–Crippen LogP) is 3.30. The van der Waals surface area contributed by atoms with Crippen LogP contribution in [0.25, 0.3) is 0 Å². The number of rotatable bonds is 6. The third kappa shape index (κ3) is 5.52. The molecule has 0 saturated heterocycles. The van der Waals surface area contributed by atoms with Gasteiger partial charge in [0, 0.05) is 29.3 Å². The van der Waals surface area contributed by atoms with E-state index in [0.717, 1.165) is 5.56 Å². The van der Waals surface area contributed by atoms with E-state index in [0.29, 0.717) is 10.0 Å². The lowest BCUT2D eigenvalue weighted by molar-refractivity contribution is -0.131. The summed E-state index contributed by atoms with van der Waals surface area (Å²) < 4.78 is 19.7. The highest BCUT2D eigenvalue weighted by Crippen LogP contribution is 2.23. The minimum Gasteiger partial charge on any atom is -0.384 e. The molecule has 8 heteroatoms. The van der Waals surface area contributed by atoms with Crippen molar-refractivity contribution < 1.29 is 13.9 Å². The van der Waals surface area contributed by atoms with Crippen molar-refractivity contribution in [1.82, 2.24) is 5.32 Å². The minimum atomic E-state index is -1.03. The maximum atomic E-state index is 14.0. The summed E-state index contributed by atoms with van der Waals surface area (Å²) in [5.74, 6) is -0.970. The fourth-order valence-corrected chi connectivity index (χ4v) is 2.51. The average molecular weight is 431 g/mol. The largest absolute Gasteiger partial charge is 0.384 e. The Bertz CT molecular complexity index is 756. The first-order valence-electron chi connectivity index (χ1n) is 7.11. The van der Waals surface area contributed by atoms with Crippen LogP contribution in [0.1, 0.15) is 22.8 Å². The Morgan fingerprint density at radius 1 is 1.32 bits per heavy atom. The van der Waals surface area contributed by atoms with E-state index in [1.165, 1.54) is 19.2 Å². The molecule has 0 saturated carbocycles. The molecule has 2 aromatic rings. The molecule has 0 fully saturated rings. The molecule has 0 aromatic heterocycles. The molecule has 1 unspecified atom stereocenters. The molecule has 4 N–H and O–H groups in total. The number of carbonyl (C=O) groups is 1. The first kappa shape index (κ1) is 21.1. The van der Waals surface area contributed by atoms with E-state index in [-0.39, 0.29) is 30.4 Å². The first-order chi connectivity index (χ1) is 11.4. The minimum absolute atomic E-state index is 0. The number of ether oxygens (including phenoxy) is 1. The summed E-state index contributed by atoms with van der Waals surface area (Å²) >= 11 is 3.18. The Kier molecular flexibility index (Phi) is 8.02. The quantitative estimate of drug-likeness (QED) is 0.485. The van der Waals surface area contributed by atoms with Gasteiger partial charge in [-0.3, -0.25) is 10.2 Å². The second kappa shape index (κ2) is 9.50. The van der Waals surface area contributed by atoms with Gasteiger partial charge in [0.25, 0.3) is 5.91 Å². The van der Waals surface area contributed by atoms with E-state index >= 15 is 0 Å². The molecule has 5 nitrogen and oxygen atoms in total. The van der Waals surface area contributed by atoms with Gasteiger partial charge >= 0.3 is 0 Å². The zero-order valence-electron chi connectivity index (χ0n) is 13.4. The van der Waals surface area contributed by atoms with Crippen molar-refractivity contribution in [2.45, 2.75) is 12.6 Å². The van der Waals surface area contributed by atoms with Crippen LogP contribution in [0, 0.1) is 11.2 Å². The van der Waals surface area contributed by atoms with E-state index in [4.69, 9.17) is 15.9 Å². The summed E-state index contributed by atoms with van der Waals surface area (Å²) in [7, 11) is 1.35. The Balaban J connectivity index is 0.00000312. The van der Waals surface area contributed by atoms with E-state index in [1.807, 2.05) is 0 Å². The fourth-order valence-electron chi connectivity index (χ4n) is 2.17. The molecule has 0 heterocycles. The van der Waals surface area contributed by atoms with Gasteiger partial charge in [0.05, 0.1) is 0 Å². The highest BCUT2D eigenvalue weighted by molar-refractivity contribution is 9.10. The molecule has 1 atom stereocenters. The maximum absolute atomic E-state index is 14.0. The van der Waals surface area contributed by atoms with Gasteiger partial charge in [-0.15, -0.1) is 12.4 Å². The smallest absolute Gasteiger partial charge is 0.254 e. The molecule has 2 rings (SSSR count). The topological polar surface area (TPSA) is 88.2 Å². The molecule has 134 valence electrons. The number of carbonyl (C=O) groups excluding carboxylic acids is 1. The second-order valence-corrected chi connectivity index (χ2v) is 6.03. The number of nitrogens with one attached hydrogen (secondary N) is 2. The third-order valence-corrected chi connectivity index (χ3v) is 3.94. The lowest BCUT2D eigenvalue weighted by Crippen LogP contribution is -2.30. The monoisotopic (exact) mass is 429 g/mol. The molecule has 2 aromatic carbocycles. The van der Waals surface area contributed by atoms with E-state index < -0.39 is 17.8 Å². The van der Waals surface area contributed by atoms with Crippen molar-refractivity contribution >= 4 is 40.1 Å². The SMILES string of the molecule is COC(C(=O)NCc1ccc(C(=N)N)cc1)c1ccc(Br)cc1F.Cl. The van der Waals surface area contributed by atoms with Crippen molar-refractivity contribution in [3.05, 3.63) is 69.4 Å². The lowest BCUT2D eigenvalue weighted by Gasteiger charge is -2.16. The molecule has 25 heavy (non-hydrogen) atoms. The molecular weight excluding hydrogens is 413 g/mol. The van der Waals surface area contributed by atoms with Gasteiger partial charge < -0.3 is 15.8 Å². The number of nitrogens with two attached hydrogens (primary N) is 1. The number of methoxy groups -OCH3 is 1. The standard InChI is InChI=1S/C17H17BrFN3O2.ClH/c1-24-15(13-7-6-12(18)8-14(13)19)17(23)22-9-10-2-4-11(5-3-10)16(20)21;/h2-8,15H,9H2,1H3,(H3,20,21)(H,22,23);1H. The number of amides is 1. The number of hydrogen-bond donors (Lipinski definition) is 3. The van der Waals surface area contributed by atoms with Gasteiger partial charge in [-0.2, -0.15) is 0 Å². The lowest BCUT2D eigenvalue weighted by atomic mass is 10.1. The highest BCUT2D eigenvalue weighted by Gasteiger charge is 2.23. The van der Waals surface area contributed by atoms with E-state index in [1.54, 1.807) is 30.3 Å². The summed E-state index contributed by atoms with van der Waals surface area (Å²) in [6.07, 6.45) is -1.03. The summed E-state index contributed by atoms with van der Waals surface area (Å²) in [4.78, 5) is 12.3. The summed E-state index contributed by atoms with van der Waals surface area (Å²) in [5.41, 5.74) is 7.00. The molecule has 0 bridgehead atoms. The Morgan fingerprint density at radius 2 is 1.96 bits per heavy atom. The maximum Gasteiger partial charge on any atom is 0.254 e. The fraction of sp³-hybridized carbons (Fsp3) is 0.176. The molecule has 0 aliphatic heterocycles. The summed E-state index contributed by atoms with van der Waals surface area (Å²) in [6.45, 7) is 0.259. The predicted molar refractivity (Wildman–Crippen MR) is 100 cm³/mol. The van der Waals surface area contributed by atoms with Gasteiger partial charge in [-0.25, -0.2) is 4.39 Å². The van der Waals surface area contributed by atoms with Crippen LogP contribution in [0.4, 0.5) is 4.39 Å². The van der Waals surface area contributed by atoms with Gasteiger partial charge in [0.2, 0.25) is 0 Å². The average Bonchev–Trinajstić information content (AvgIpc) is 2.55. The van der Waals surface area contributed by atoms with Crippen LogP contribution in [0.2, 0.25) is 0 Å². The number of hydrogen-bond acceptors (Lipinski definition) is 3. The van der Waals surface area contributed by atoms with Gasteiger partial charge in [-0.05, 0) is 17.7 Å². The van der Waals surface area contributed by atoms with Crippen LogP contribution >= 0.6 is 28.3 Å². The highest BCUT2D eigenvalue weighted by atomic mass is 79.9. The normalized spacial score (nSPS) is 11.3. The van der Waals surface area contributed by atoms with Gasteiger partial charge in [0.15, 0.2) is 6.10 Å². The van der Waals surface area contributed by atoms with E-state index in [2.05, 4.69) is 21.2 Å². The molecule has 0 spiro atoms. The molecule has 0 aliphatic rings. The van der Waals surface area contributed by atoms with E-state index in [9.17, 15) is 9.18 Å². The molecular formula is C17H18BrClFN3O2. The van der Waals surface area contributed by atoms with Crippen molar-refractivity contribution in [2.24, 2.45) is 5.73 Å². The van der Waals surface area contributed by atoms with Crippen molar-refractivity contribution in [1.29, 1.82) is 5.41 Å². The van der Waals surface area contributed by atoms with Crippen molar-refractivity contribution in [3.8, 4) is 0 Å². The van der Waals surface area contributed by atoms with Gasteiger partial charge in [0.1, 0.15) is 11.7 Å². The molecule has 0 radical (unpaired) electrons. The number of nitrogen functional groups attached to an aromatic ring is 1. The zero-order valence-corrected chi connectivity index (χ0v) is 15.8. The molecule has 1 amide bonds. The summed E-state index contributed by atoms with van der Waals surface area (Å²) in [6, 6.07) is 11.4. The summed E-state index contributed by atoms with van der Waals surface area (Å²) in [5, 5.41) is 10.1. The van der Waals surface area contributed by atoms with Crippen LogP contribution in [-0.2, 0) is 16.1 Å². The van der Waals surface area contributed by atoms with Crippen molar-refractivity contribution in [2.75, 3.05) is 7.11 Å². The number of halogens is 3. The Morgan fingerprint density at radius 3 is 2.48 bits per heavy atom. The number of amidine groups is 1.